The standard InChI is InChI=1S/C15H10F7NO/c16-10-3-1-2-8(6-10)12(24)23-11-5-4-9(7-11)13(23,14(17,18)19)15(20,21)22/h1-6,9,11H,7H2/t9-,11+/m1/s1. The monoisotopic (exact) mass is 353 g/mol. The summed E-state index contributed by atoms with van der Waals surface area (Å²) in [7, 11) is 0. The van der Waals surface area contributed by atoms with Crippen molar-refractivity contribution in [3.8, 4) is 0 Å². The summed E-state index contributed by atoms with van der Waals surface area (Å²) in [6.07, 6.45) is -9.92. The zero-order valence-electron chi connectivity index (χ0n) is 11.8. The first-order chi connectivity index (χ1) is 11.0. The van der Waals surface area contributed by atoms with Crippen LogP contribution in [0.2, 0.25) is 0 Å². The Hall–Kier alpha value is -2.06. The first kappa shape index (κ1) is 16.8. The van der Waals surface area contributed by atoms with Gasteiger partial charge in [-0.1, -0.05) is 18.2 Å². The number of carbonyl (C=O) groups is 1. The van der Waals surface area contributed by atoms with Crippen LogP contribution in [0.4, 0.5) is 30.7 Å². The van der Waals surface area contributed by atoms with Crippen molar-refractivity contribution in [1.82, 2.24) is 4.90 Å². The highest BCUT2D eigenvalue weighted by Gasteiger charge is 2.81. The lowest BCUT2D eigenvalue weighted by molar-refractivity contribution is -0.336. The van der Waals surface area contributed by atoms with Gasteiger partial charge in [-0.05, 0) is 24.6 Å². The zero-order chi connectivity index (χ0) is 17.9. The minimum Gasteiger partial charge on any atom is -0.309 e. The number of hydrogen-bond acceptors (Lipinski definition) is 1. The minimum absolute atomic E-state index is 0.188. The Morgan fingerprint density at radius 2 is 1.71 bits per heavy atom. The van der Waals surface area contributed by atoms with Crippen LogP contribution in [0, 0.1) is 11.7 Å². The molecule has 1 heterocycles. The van der Waals surface area contributed by atoms with E-state index in [1.165, 1.54) is 0 Å². The van der Waals surface area contributed by atoms with Crippen molar-refractivity contribution in [2.45, 2.75) is 30.4 Å². The first-order valence-corrected chi connectivity index (χ1v) is 6.91. The van der Waals surface area contributed by atoms with Crippen LogP contribution in [-0.4, -0.2) is 34.7 Å². The van der Waals surface area contributed by atoms with Crippen LogP contribution in [0.3, 0.4) is 0 Å². The van der Waals surface area contributed by atoms with Gasteiger partial charge < -0.3 is 4.90 Å². The van der Waals surface area contributed by atoms with E-state index in [-0.39, 0.29) is 4.90 Å². The molecule has 2 atom stereocenters. The molecule has 0 radical (unpaired) electrons. The molecule has 2 bridgehead atoms. The summed E-state index contributed by atoms with van der Waals surface area (Å²) in [6.45, 7) is 0. The largest absolute Gasteiger partial charge is 0.421 e. The van der Waals surface area contributed by atoms with Crippen LogP contribution in [0.15, 0.2) is 36.4 Å². The predicted octanol–water partition coefficient (Wildman–Crippen LogP) is 4.09. The number of rotatable bonds is 1. The molecule has 130 valence electrons. The van der Waals surface area contributed by atoms with Crippen LogP contribution in [0.1, 0.15) is 16.8 Å². The Kier molecular flexibility index (Phi) is 3.47. The van der Waals surface area contributed by atoms with Gasteiger partial charge in [-0.25, -0.2) is 4.39 Å². The summed E-state index contributed by atoms with van der Waals surface area (Å²) in [5.74, 6) is -4.34. The molecular formula is C15H10F7NO. The zero-order valence-corrected chi connectivity index (χ0v) is 11.8. The van der Waals surface area contributed by atoms with E-state index in [9.17, 15) is 35.5 Å². The molecular weight excluding hydrogens is 343 g/mol. The Morgan fingerprint density at radius 1 is 1.08 bits per heavy atom. The fraction of sp³-hybridized carbons (Fsp3) is 0.400. The maximum Gasteiger partial charge on any atom is 0.421 e. The third-order valence-electron chi connectivity index (χ3n) is 4.46. The van der Waals surface area contributed by atoms with E-state index >= 15 is 0 Å². The molecule has 1 aliphatic carbocycles. The molecule has 1 aromatic carbocycles. The summed E-state index contributed by atoms with van der Waals surface area (Å²) in [5, 5.41) is 0. The van der Waals surface area contributed by atoms with Crippen molar-refractivity contribution in [1.29, 1.82) is 0 Å². The number of hydrogen-bond donors (Lipinski definition) is 0. The summed E-state index contributed by atoms with van der Waals surface area (Å²) in [6, 6.07) is 2.26. The van der Waals surface area contributed by atoms with E-state index in [0.717, 1.165) is 30.4 Å². The number of benzene rings is 1. The maximum absolute atomic E-state index is 13.6. The molecule has 0 spiro atoms. The molecule has 1 amide bonds. The van der Waals surface area contributed by atoms with Crippen molar-refractivity contribution in [3.05, 3.63) is 47.8 Å². The molecule has 1 saturated heterocycles. The highest BCUT2D eigenvalue weighted by Crippen LogP contribution is 2.60. The Bertz CT molecular complexity index is 693. The summed E-state index contributed by atoms with van der Waals surface area (Å²) >= 11 is 0. The highest BCUT2D eigenvalue weighted by molar-refractivity contribution is 5.95. The lowest BCUT2D eigenvalue weighted by atomic mass is 9.83. The number of carbonyl (C=O) groups excluding carboxylic acids is 1. The van der Waals surface area contributed by atoms with Crippen LogP contribution in [0.5, 0.6) is 0 Å². The molecule has 2 nitrogen and oxygen atoms in total. The highest BCUT2D eigenvalue weighted by atomic mass is 19.4. The van der Waals surface area contributed by atoms with Crippen LogP contribution in [0.25, 0.3) is 0 Å². The van der Waals surface area contributed by atoms with Crippen molar-refractivity contribution in [2.75, 3.05) is 0 Å². The van der Waals surface area contributed by atoms with Crippen molar-refractivity contribution >= 4 is 5.91 Å². The number of amides is 1. The van der Waals surface area contributed by atoms with Gasteiger partial charge in [0.2, 0.25) is 5.54 Å². The van der Waals surface area contributed by atoms with Crippen LogP contribution >= 0.6 is 0 Å². The number of halogens is 7. The van der Waals surface area contributed by atoms with Gasteiger partial charge in [0, 0.05) is 11.5 Å². The second-order valence-electron chi connectivity index (χ2n) is 5.74. The van der Waals surface area contributed by atoms with Crippen LogP contribution < -0.4 is 0 Å². The molecule has 0 saturated carbocycles. The number of likely N-dealkylation sites (tertiary alicyclic amines) is 1. The fourth-order valence-electron chi connectivity index (χ4n) is 3.55. The van der Waals surface area contributed by atoms with E-state index in [4.69, 9.17) is 0 Å². The maximum atomic E-state index is 13.6. The van der Waals surface area contributed by atoms with Crippen molar-refractivity contribution in [3.63, 3.8) is 0 Å². The summed E-state index contributed by atoms with van der Waals surface area (Å²) < 4.78 is 94.6. The van der Waals surface area contributed by atoms with Crippen LogP contribution in [-0.2, 0) is 0 Å². The second-order valence-corrected chi connectivity index (χ2v) is 5.74. The molecule has 2 aliphatic rings. The van der Waals surface area contributed by atoms with Crippen molar-refractivity contribution < 1.29 is 35.5 Å². The minimum atomic E-state index is -5.72. The van der Waals surface area contributed by atoms with Gasteiger partial charge in [0.1, 0.15) is 5.82 Å². The van der Waals surface area contributed by atoms with Gasteiger partial charge in [-0.2, -0.15) is 26.3 Å². The smallest absolute Gasteiger partial charge is 0.309 e. The molecule has 24 heavy (non-hydrogen) atoms. The first-order valence-electron chi connectivity index (χ1n) is 6.91. The van der Waals surface area contributed by atoms with Crippen molar-refractivity contribution in [2.24, 2.45) is 5.92 Å². The summed E-state index contributed by atoms with van der Waals surface area (Å²) in [4.78, 5) is 12.2. The van der Waals surface area contributed by atoms with Gasteiger partial charge in [-0.15, -0.1) is 0 Å². The third-order valence-corrected chi connectivity index (χ3v) is 4.46. The second kappa shape index (κ2) is 4.97. The van der Waals surface area contributed by atoms with Gasteiger partial charge >= 0.3 is 12.4 Å². The molecule has 0 aromatic heterocycles. The number of nitrogens with zero attached hydrogens (tertiary/aromatic N) is 1. The summed E-state index contributed by atoms with van der Waals surface area (Å²) in [5.41, 5.74) is -4.86. The number of fused-ring (bicyclic) bond motifs is 2. The van der Waals surface area contributed by atoms with E-state index in [1.54, 1.807) is 0 Å². The average molecular weight is 353 g/mol. The normalized spacial score (nSPS) is 25.4. The SMILES string of the molecule is O=C(c1cccc(F)c1)N1[C@H]2C=C[C@H](C2)C1(C(F)(F)F)C(F)(F)F. The third kappa shape index (κ3) is 2.06. The molecule has 1 fully saturated rings. The molecule has 9 heteroatoms. The molecule has 1 aromatic rings. The quantitative estimate of drug-likeness (QED) is 0.550. The Morgan fingerprint density at radius 3 is 2.25 bits per heavy atom. The molecule has 3 rings (SSSR count). The molecule has 0 unspecified atom stereocenters. The Labute approximate surface area is 131 Å². The van der Waals surface area contributed by atoms with Gasteiger partial charge in [0.25, 0.3) is 5.91 Å². The van der Waals surface area contributed by atoms with E-state index in [2.05, 4.69) is 0 Å². The van der Waals surface area contributed by atoms with E-state index in [0.29, 0.717) is 6.07 Å². The van der Waals surface area contributed by atoms with Gasteiger partial charge in [-0.3, -0.25) is 4.79 Å². The van der Waals surface area contributed by atoms with E-state index in [1.807, 2.05) is 0 Å². The molecule has 0 N–H and O–H groups in total. The average Bonchev–Trinajstić information content (AvgIpc) is 3.03. The topological polar surface area (TPSA) is 20.3 Å². The lowest BCUT2D eigenvalue weighted by Crippen LogP contribution is -2.70. The fourth-order valence-corrected chi connectivity index (χ4v) is 3.55. The Balaban J connectivity index is 2.18. The van der Waals surface area contributed by atoms with E-state index < -0.39 is 53.6 Å². The van der Waals surface area contributed by atoms with Gasteiger partial charge in [0.15, 0.2) is 0 Å². The number of alkyl halides is 6. The predicted molar refractivity (Wildman–Crippen MR) is 68.4 cm³/mol. The molecule has 1 aliphatic heterocycles. The lowest BCUT2D eigenvalue weighted by Gasteiger charge is -2.46. The van der Waals surface area contributed by atoms with Gasteiger partial charge in [0.05, 0.1) is 6.04 Å².